The molecule has 3 rings (SSSR count). The molecule has 1 atom stereocenters. The number of benzene rings is 2. The number of nitrogens with one attached hydrogen (secondary N) is 2. The molecule has 0 saturated heterocycles. The molecular formula is C25H29N3O6S. The van der Waals surface area contributed by atoms with E-state index in [0.717, 1.165) is 19.3 Å². The number of sulfonamides is 1. The second kappa shape index (κ2) is 11.2. The van der Waals surface area contributed by atoms with Crippen molar-refractivity contribution in [2.24, 2.45) is 0 Å². The fraction of sp³-hybridized carbons (Fsp3) is 0.400. The van der Waals surface area contributed by atoms with Crippen LogP contribution in [0.3, 0.4) is 0 Å². The molecule has 0 aliphatic heterocycles. The van der Waals surface area contributed by atoms with Crippen LogP contribution in [0, 0.1) is 11.3 Å². The zero-order valence-corrected chi connectivity index (χ0v) is 20.6. The summed E-state index contributed by atoms with van der Waals surface area (Å²) in [4.78, 5) is 25.1. The van der Waals surface area contributed by atoms with Crippen LogP contribution in [-0.4, -0.2) is 38.5 Å². The highest BCUT2D eigenvalue weighted by Gasteiger charge is 2.35. The van der Waals surface area contributed by atoms with E-state index >= 15 is 0 Å². The van der Waals surface area contributed by atoms with Gasteiger partial charge in [0.25, 0.3) is 15.9 Å². The van der Waals surface area contributed by atoms with Crippen LogP contribution in [-0.2, 0) is 19.6 Å². The van der Waals surface area contributed by atoms with Gasteiger partial charge in [-0.1, -0.05) is 19.3 Å². The summed E-state index contributed by atoms with van der Waals surface area (Å²) in [5, 5.41) is 12.3. The number of rotatable bonds is 9. The number of carbonyl (C=O) groups is 2. The predicted molar refractivity (Wildman–Crippen MR) is 129 cm³/mol. The molecule has 0 aromatic heterocycles. The quantitative estimate of drug-likeness (QED) is 0.501. The van der Waals surface area contributed by atoms with E-state index < -0.39 is 33.5 Å². The molecular weight excluding hydrogens is 470 g/mol. The number of ether oxygens (including phenoxy) is 2. The third kappa shape index (κ3) is 6.73. The predicted octanol–water partition coefficient (Wildman–Crippen LogP) is 3.77. The van der Waals surface area contributed by atoms with Crippen molar-refractivity contribution in [3.63, 3.8) is 0 Å². The number of hydrogen-bond acceptors (Lipinski definition) is 7. The summed E-state index contributed by atoms with van der Waals surface area (Å²) in [6, 6.07) is 13.9. The van der Waals surface area contributed by atoms with Crippen molar-refractivity contribution in [2.75, 3.05) is 11.3 Å². The number of anilines is 1. The van der Waals surface area contributed by atoms with Crippen molar-refractivity contribution >= 4 is 27.6 Å². The Morgan fingerprint density at radius 2 is 1.69 bits per heavy atom. The Kier molecular flexibility index (Phi) is 8.35. The van der Waals surface area contributed by atoms with Crippen LogP contribution in [0.1, 0.15) is 56.3 Å². The van der Waals surface area contributed by atoms with Crippen molar-refractivity contribution in [3.05, 3.63) is 54.1 Å². The molecule has 0 unspecified atom stereocenters. The highest BCUT2D eigenvalue weighted by molar-refractivity contribution is 7.92. The third-order valence-corrected chi connectivity index (χ3v) is 7.15. The molecule has 0 heterocycles. The smallest absolute Gasteiger partial charge is 0.338 e. The van der Waals surface area contributed by atoms with Gasteiger partial charge in [0.1, 0.15) is 11.3 Å². The number of hydrogen-bond donors (Lipinski definition) is 2. The monoisotopic (exact) mass is 499 g/mol. The van der Waals surface area contributed by atoms with Crippen LogP contribution in [0.5, 0.6) is 5.75 Å². The molecule has 2 N–H and O–H groups in total. The van der Waals surface area contributed by atoms with E-state index in [1.165, 1.54) is 43.3 Å². The normalized spacial score (nSPS) is 15.8. The summed E-state index contributed by atoms with van der Waals surface area (Å²) >= 11 is 0. The first kappa shape index (κ1) is 26.0. The number of carbonyl (C=O) groups excluding carboxylic acids is 2. The summed E-state index contributed by atoms with van der Waals surface area (Å²) in [7, 11) is -3.83. The van der Waals surface area contributed by atoms with Crippen molar-refractivity contribution in [1.29, 1.82) is 5.26 Å². The summed E-state index contributed by atoms with van der Waals surface area (Å²) < 4.78 is 38.3. The van der Waals surface area contributed by atoms with E-state index in [4.69, 9.17) is 9.47 Å². The molecule has 2 aromatic rings. The Hall–Kier alpha value is -3.58. The maximum Gasteiger partial charge on any atom is 0.338 e. The van der Waals surface area contributed by atoms with Gasteiger partial charge in [-0.05, 0) is 75.2 Å². The third-order valence-electron chi connectivity index (χ3n) is 5.75. The second-order valence-corrected chi connectivity index (χ2v) is 10.1. The Labute approximate surface area is 205 Å². The van der Waals surface area contributed by atoms with Gasteiger partial charge in [-0.25, -0.2) is 13.2 Å². The topological polar surface area (TPSA) is 135 Å². The zero-order valence-electron chi connectivity index (χ0n) is 19.7. The first-order valence-corrected chi connectivity index (χ1v) is 13.0. The van der Waals surface area contributed by atoms with Gasteiger partial charge in [0.05, 0.1) is 23.1 Å². The summed E-state index contributed by atoms with van der Waals surface area (Å²) in [6.07, 6.45) is 2.80. The van der Waals surface area contributed by atoms with Gasteiger partial charge in [-0.2, -0.15) is 5.26 Å². The Morgan fingerprint density at radius 3 is 2.26 bits per heavy atom. The van der Waals surface area contributed by atoms with Crippen LogP contribution in [0.15, 0.2) is 53.4 Å². The van der Waals surface area contributed by atoms with E-state index in [2.05, 4.69) is 16.1 Å². The van der Waals surface area contributed by atoms with Crippen molar-refractivity contribution in [2.45, 2.75) is 62.5 Å². The maximum atomic E-state index is 12.6. The molecule has 1 aliphatic carbocycles. The number of nitrogens with zero attached hydrogens (tertiary/aromatic N) is 1. The molecule has 9 nitrogen and oxygen atoms in total. The minimum absolute atomic E-state index is 0.0670. The molecule has 186 valence electrons. The molecule has 1 saturated carbocycles. The minimum atomic E-state index is -3.83. The van der Waals surface area contributed by atoms with Crippen LogP contribution in [0.2, 0.25) is 0 Å². The van der Waals surface area contributed by atoms with Crippen molar-refractivity contribution in [3.8, 4) is 11.8 Å². The Bertz CT molecular complexity index is 1180. The molecule has 10 heteroatoms. The lowest BCUT2D eigenvalue weighted by Crippen LogP contribution is -2.52. The van der Waals surface area contributed by atoms with Gasteiger partial charge >= 0.3 is 5.97 Å². The average Bonchev–Trinajstić information content (AvgIpc) is 2.85. The fourth-order valence-electron chi connectivity index (χ4n) is 3.81. The molecule has 1 amide bonds. The highest BCUT2D eigenvalue weighted by Crippen LogP contribution is 2.28. The molecule has 1 fully saturated rings. The van der Waals surface area contributed by atoms with Crippen LogP contribution >= 0.6 is 0 Å². The largest absolute Gasteiger partial charge is 0.494 e. The van der Waals surface area contributed by atoms with Crippen LogP contribution in [0.25, 0.3) is 0 Å². The van der Waals surface area contributed by atoms with Gasteiger partial charge in [-0.3, -0.25) is 9.52 Å². The van der Waals surface area contributed by atoms with Crippen molar-refractivity contribution < 1.29 is 27.5 Å². The summed E-state index contributed by atoms with van der Waals surface area (Å²) in [5.74, 6) is -0.691. The zero-order chi connectivity index (χ0) is 25.5. The van der Waals surface area contributed by atoms with E-state index in [1.807, 2.05) is 6.92 Å². The number of amides is 1. The molecule has 0 spiro atoms. The lowest BCUT2D eigenvalue weighted by molar-refractivity contribution is -0.130. The van der Waals surface area contributed by atoms with Gasteiger partial charge in [-0.15, -0.1) is 0 Å². The fourth-order valence-corrected chi connectivity index (χ4v) is 4.87. The first-order chi connectivity index (χ1) is 16.7. The van der Waals surface area contributed by atoms with E-state index in [0.29, 0.717) is 25.2 Å². The first-order valence-electron chi connectivity index (χ1n) is 11.5. The van der Waals surface area contributed by atoms with Gasteiger partial charge in [0, 0.05) is 5.69 Å². The molecule has 0 radical (unpaired) electrons. The maximum absolute atomic E-state index is 12.6. The summed E-state index contributed by atoms with van der Waals surface area (Å²) in [5.41, 5.74) is -0.506. The van der Waals surface area contributed by atoms with Crippen molar-refractivity contribution in [1.82, 2.24) is 5.32 Å². The highest BCUT2D eigenvalue weighted by atomic mass is 32.2. The van der Waals surface area contributed by atoms with Crippen LogP contribution in [0.4, 0.5) is 5.69 Å². The SMILES string of the molecule is CCOc1ccc(S(=O)(=O)Nc2ccc(C(=O)O[C@H](C)C(=O)NC3(C#N)CCCCC3)cc2)cc1. The Morgan fingerprint density at radius 1 is 1.06 bits per heavy atom. The standard InChI is InChI=1S/C25H29N3O6S/c1-3-33-21-11-13-22(14-12-21)35(31,32)28-20-9-7-19(8-10-20)24(30)34-18(2)23(29)27-25(17-26)15-5-4-6-16-25/h7-14,18,28H,3-6,15-16H2,1-2H3,(H,27,29)/t18-/m1/s1. The molecule has 2 aromatic carbocycles. The lowest BCUT2D eigenvalue weighted by Gasteiger charge is -2.32. The Balaban J connectivity index is 1.59. The average molecular weight is 500 g/mol. The number of nitriles is 1. The van der Waals surface area contributed by atoms with E-state index in [9.17, 15) is 23.3 Å². The molecule has 1 aliphatic rings. The van der Waals surface area contributed by atoms with Gasteiger partial charge in [0.15, 0.2) is 6.10 Å². The van der Waals surface area contributed by atoms with E-state index in [-0.39, 0.29) is 16.1 Å². The lowest BCUT2D eigenvalue weighted by atomic mass is 9.83. The second-order valence-electron chi connectivity index (χ2n) is 8.38. The number of esters is 1. The summed E-state index contributed by atoms with van der Waals surface area (Å²) in [6.45, 7) is 3.76. The van der Waals surface area contributed by atoms with E-state index in [1.54, 1.807) is 12.1 Å². The van der Waals surface area contributed by atoms with Gasteiger partial charge < -0.3 is 14.8 Å². The van der Waals surface area contributed by atoms with Gasteiger partial charge in [0.2, 0.25) is 0 Å². The minimum Gasteiger partial charge on any atom is -0.494 e. The van der Waals surface area contributed by atoms with Crippen LogP contribution < -0.4 is 14.8 Å². The molecule has 35 heavy (non-hydrogen) atoms. The molecule has 0 bridgehead atoms.